The molecule has 3 heteroatoms. The van der Waals surface area contributed by atoms with Gasteiger partial charge < -0.3 is 4.55 Å². The first-order valence-corrected chi connectivity index (χ1v) is 6.05. The van der Waals surface area contributed by atoms with Crippen molar-refractivity contribution in [2.24, 2.45) is 0 Å². The highest BCUT2D eigenvalue weighted by molar-refractivity contribution is 8.80. The van der Waals surface area contributed by atoms with Crippen LogP contribution in [-0.4, -0.2) is 23.3 Å². The van der Waals surface area contributed by atoms with Crippen LogP contribution in [0.5, 0.6) is 0 Å². The van der Waals surface area contributed by atoms with Gasteiger partial charge in [0.25, 0.3) is 0 Å². The summed E-state index contributed by atoms with van der Waals surface area (Å²) in [5.41, 5.74) is 0. The molecule has 0 saturated heterocycles. The summed E-state index contributed by atoms with van der Waals surface area (Å²) in [4.78, 5) is 0. The maximum atomic E-state index is 10.3. The molecule has 0 aromatic heterocycles. The summed E-state index contributed by atoms with van der Waals surface area (Å²) in [7, 11) is -0.740. The summed E-state index contributed by atoms with van der Waals surface area (Å²) < 4.78 is 10.3. The molecule has 6 heavy (non-hydrogen) atoms. The summed E-state index contributed by atoms with van der Waals surface area (Å²) in [5.74, 6) is 0. The molecular formula is C3H10OS2. The fourth-order valence-electron chi connectivity index (χ4n) is 0. The first-order valence-electron chi connectivity index (χ1n) is 1.65. The standard InChI is InChI=1S/C3H10OS2/c1-5(2)6(3)4/h5H,1-3H3. The average Bonchev–Trinajstić information content (AvgIpc) is 1.36. The molecule has 40 valence electrons. The maximum Gasteiger partial charge on any atom is 0.105 e. The number of rotatable bonds is 1. The number of thiol groups is 1. The van der Waals surface area contributed by atoms with E-state index in [9.17, 15) is 4.55 Å². The van der Waals surface area contributed by atoms with Gasteiger partial charge in [-0.1, -0.05) is 9.93 Å². The van der Waals surface area contributed by atoms with E-state index < -0.39 is 10.2 Å². The van der Waals surface area contributed by atoms with Gasteiger partial charge in [-0.25, -0.2) is 0 Å². The molecule has 0 bridgehead atoms. The van der Waals surface area contributed by atoms with Gasteiger partial charge in [-0.05, 0) is 10.2 Å². The van der Waals surface area contributed by atoms with Crippen LogP contribution in [-0.2, 0) is 10.2 Å². The van der Waals surface area contributed by atoms with Crippen LogP contribution in [0.1, 0.15) is 0 Å². The van der Waals surface area contributed by atoms with Crippen molar-refractivity contribution in [2.75, 3.05) is 18.8 Å². The zero-order chi connectivity index (χ0) is 5.15. The highest BCUT2D eigenvalue weighted by atomic mass is 33.2. The lowest BCUT2D eigenvalue weighted by atomic mass is 11.9. The SMILES string of the molecule is C[S+]([O-])[SH](C)C. The number of hydrogen-bond acceptors (Lipinski definition) is 1. The molecule has 0 aliphatic heterocycles. The Morgan fingerprint density at radius 3 is 1.67 bits per heavy atom. The molecule has 0 fully saturated rings. The summed E-state index contributed by atoms with van der Waals surface area (Å²) in [5, 5.41) is 0. The van der Waals surface area contributed by atoms with Gasteiger partial charge in [-0.15, -0.1) is 0 Å². The lowest BCUT2D eigenvalue weighted by Crippen LogP contribution is -1.92. The molecule has 0 aromatic rings. The zero-order valence-electron chi connectivity index (χ0n) is 4.26. The Labute approximate surface area is 44.1 Å². The molecule has 0 aliphatic rings. The normalized spacial score (nSPS) is 17.0. The van der Waals surface area contributed by atoms with E-state index in [1.807, 2.05) is 12.5 Å². The lowest BCUT2D eigenvalue weighted by molar-refractivity contribution is 0.614. The number of hydrogen-bond donors (Lipinski definition) is 1. The second-order valence-electron chi connectivity index (χ2n) is 1.24. The lowest BCUT2D eigenvalue weighted by Gasteiger charge is -2.09. The van der Waals surface area contributed by atoms with E-state index in [1.165, 1.54) is 0 Å². The van der Waals surface area contributed by atoms with Crippen molar-refractivity contribution >= 4 is 20.1 Å². The molecule has 0 amide bonds. The van der Waals surface area contributed by atoms with E-state index in [0.717, 1.165) is 0 Å². The average molecular weight is 126 g/mol. The van der Waals surface area contributed by atoms with Crippen molar-refractivity contribution in [3.8, 4) is 0 Å². The van der Waals surface area contributed by atoms with Crippen molar-refractivity contribution in [2.45, 2.75) is 0 Å². The van der Waals surface area contributed by atoms with Crippen molar-refractivity contribution in [3.63, 3.8) is 0 Å². The summed E-state index contributed by atoms with van der Waals surface area (Å²) in [6, 6.07) is 0. The van der Waals surface area contributed by atoms with Crippen LogP contribution < -0.4 is 0 Å². The fraction of sp³-hybridized carbons (Fsp3) is 1.00. The van der Waals surface area contributed by atoms with Gasteiger partial charge in [0.15, 0.2) is 0 Å². The first kappa shape index (κ1) is 6.66. The highest BCUT2D eigenvalue weighted by Gasteiger charge is 1.94. The Balaban J connectivity index is 2.99. The summed E-state index contributed by atoms with van der Waals surface area (Å²) in [6.07, 6.45) is 5.75. The monoisotopic (exact) mass is 126 g/mol. The second-order valence-corrected chi connectivity index (χ2v) is 7.44. The van der Waals surface area contributed by atoms with Gasteiger partial charge in [-0.2, -0.15) is 0 Å². The van der Waals surface area contributed by atoms with Crippen LogP contribution in [0, 0.1) is 0 Å². The van der Waals surface area contributed by atoms with Crippen LogP contribution in [0.4, 0.5) is 0 Å². The van der Waals surface area contributed by atoms with Crippen molar-refractivity contribution in [1.82, 2.24) is 0 Å². The second kappa shape index (κ2) is 2.77. The van der Waals surface area contributed by atoms with E-state index in [0.29, 0.717) is 0 Å². The van der Waals surface area contributed by atoms with Gasteiger partial charge in [0.1, 0.15) is 6.26 Å². The van der Waals surface area contributed by atoms with Crippen LogP contribution in [0.2, 0.25) is 0 Å². The predicted molar refractivity (Wildman–Crippen MR) is 34.9 cm³/mol. The Morgan fingerprint density at radius 1 is 1.50 bits per heavy atom. The molecule has 0 radical (unpaired) electrons. The Bertz CT molecular complexity index is 29.8. The van der Waals surface area contributed by atoms with Crippen LogP contribution in [0.25, 0.3) is 0 Å². The van der Waals surface area contributed by atoms with Crippen LogP contribution in [0.3, 0.4) is 0 Å². The minimum atomic E-state index is -0.552. The molecule has 1 atom stereocenters. The van der Waals surface area contributed by atoms with E-state index >= 15 is 0 Å². The van der Waals surface area contributed by atoms with E-state index in [1.54, 1.807) is 6.26 Å². The van der Waals surface area contributed by atoms with Crippen molar-refractivity contribution in [1.29, 1.82) is 0 Å². The minimum Gasteiger partial charge on any atom is -0.607 e. The van der Waals surface area contributed by atoms with E-state index in [-0.39, 0.29) is 9.93 Å². The smallest absolute Gasteiger partial charge is 0.105 e. The Kier molecular flexibility index (Phi) is 3.08. The highest BCUT2D eigenvalue weighted by Crippen LogP contribution is 2.20. The molecule has 0 aromatic carbocycles. The fourth-order valence-corrected chi connectivity index (χ4v) is 0. The first-order chi connectivity index (χ1) is 2.64. The third kappa shape index (κ3) is 2.87. The topological polar surface area (TPSA) is 23.1 Å². The summed E-state index contributed by atoms with van der Waals surface area (Å²) in [6.45, 7) is 0. The Morgan fingerprint density at radius 2 is 1.67 bits per heavy atom. The quantitative estimate of drug-likeness (QED) is 0.309. The summed E-state index contributed by atoms with van der Waals surface area (Å²) >= 11 is 0. The molecule has 1 unspecified atom stereocenters. The van der Waals surface area contributed by atoms with Gasteiger partial charge in [0, 0.05) is 12.5 Å². The molecule has 0 N–H and O–H groups in total. The van der Waals surface area contributed by atoms with Gasteiger partial charge >= 0.3 is 0 Å². The van der Waals surface area contributed by atoms with Gasteiger partial charge in [-0.3, -0.25) is 0 Å². The molecule has 0 aliphatic carbocycles. The molecule has 0 spiro atoms. The van der Waals surface area contributed by atoms with Gasteiger partial charge in [0.2, 0.25) is 0 Å². The molecule has 0 saturated carbocycles. The largest absolute Gasteiger partial charge is 0.607 e. The van der Waals surface area contributed by atoms with Crippen molar-refractivity contribution in [3.05, 3.63) is 0 Å². The Hall–Kier alpha value is 0.660. The molecular weight excluding hydrogens is 116 g/mol. The zero-order valence-corrected chi connectivity index (χ0v) is 5.97. The van der Waals surface area contributed by atoms with E-state index in [4.69, 9.17) is 0 Å². The third-order valence-electron chi connectivity index (χ3n) is 0.514. The van der Waals surface area contributed by atoms with E-state index in [2.05, 4.69) is 0 Å². The molecule has 1 nitrogen and oxygen atoms in total. The molecule has 0 rings (SSSR count). The van der Waals surface area contributed by atoms with Crippen LogP contribution in [0.15, 0.2) is 0 Å². The maximum absolute atomic E-state index is 10.3. The predicted octanol–water partition coefficient (Wildman–Crippen LogP) is 0.541. The minimum absolute atomic E-state index is 0.187. The molecule has 0 heterocycles. The van der Waals surface area contributed by atoms with Gasteiger partial charge in [0.05, 0.1) is 0 Å². The van der Waals surface area contributed by atoms with Crippen molar-refractivity contribution < 1.29 is 4.55 Å². The third-order valence-corrected chi connectivity index (χ3v) is 4.63. The van der Waals surface area contributed by atoms with Crippen LogP contribution >= 0.6 is 9.93 Å².